The predicted octanol–water partition coefficient (Wildman–Crippen LogP) is 5.94. The molecule has 3 rings (SSSR count). The van der Waals surface area contributed by atoms with E-state index in [-0.39, 0.29) is 46.0 Å². The molecule has 0 radical (unpaired) electrons. The molecule has 0 saturated heterocycles. The molecule has 3 aromatic rings. The Morgan fingerprint density at radius 1 is 0.889 bits per heavy atom. The fourth-order valence-electron chi connectivity index (χ4n) is 4.66. The smallest absolute Gasteiger partial charge is 0.265 e. The van der Waals surface area contributed by atoms with Crippen LogP contribution in [0.2, 0.25) is 10.0 Å². The third-order valence-electron chi connectivity index (χ3n) is 6.81. The summed E-state index contributed by atoms with van der Waals surface area (Å²) in [7, 11) is -0.272. The number of nitrogens with one attached hydrogen (secondary N) is 1. The van der Waals surface area contributed by atoms with E-state index in [0.29, 0.717) is 16.3 Å². The van der Waals surface area contributed by atoms with Gasteiger partial charge in [-0.15, -0.1) is 0 Å². The van der Waals surface area contributed by atoms with Gasteiger partial charge in [-0.1, -0.05) is 48.3 Å². The molecule has 2 amide bonds. The summed E-state index contributed by atoms with van der Waals surface area (Å²) in [4.78, 5) is 29.1. The van der Waals surface area contributed by atoms with Gasteiger partial charge in [-0.3, -0.25) is 13.9 Å². The second kappa shape index (κ2) is 15.1. The maximum atomic E-state index is 14.4. The average Bonchev–Trinajstić information content (AvgIpc) is 2.99. The van der Waals surface area contributed by atoms with E-state index in [0.717, 1.165) is 4.31 Å². The van der Waals surface area contributed by atoms with Crippen LogP contribution in [0.5, 0.6) is 17.2 Å². The van der Waals surface area contributed by atoms with Crippen molar-refractivity contribution in [2.24, 2.45) is 0 Å². The predicted molar refractivity (Wildman–Crippen MR) is 176 cm³/mol. The first-order valence-electron chi connectivity index (χ1n) is 14.1. The normalized spacial score (nSPS) is 12.2. The highest BCUT2D eigenvalue weighted by atomic mass is 35.5. The van der Waals surface area contributed by atoms with Gasteiger partial charge in [0.15, 0.2) is 11.5 Å². The number of carbonyl (C=O) groups excluding carboxylic acids is 2. The summed E-state index contributed by atoms with van der Waals surface area (Å²) in [6.45, 7) is 6.53. The van der Waals surface area contributed by atoms with Crippen LogP contribution in [0.4, 0.5) is 5.69 Å². The number of carbonyl (C=O) groups is 2. The summed E-state index contributed by atoms with van der Waals surface area (Å²) in [5.74, 6) is -0.391. The largest absolute Gasteiger partial charge is 0.495 e. The quantitative estimate of drug-likeness (QED) is 0.238. The Labute approximate surface area is 275 Å². The fraction of sp³-hybridized carbons (Fsp3) is 0.375. The van der Waals surface area contributed by atoms with E-state index in [4.69, 9.17) is 37.4 Å². The van der Waals surface area contributed by atoms with Gasteiger partial charge in [0.05, 0.1) is 31.9 Å². The molecular weight excluding hydrogens is 641 g/mol. The van der Waals surface area contributed by atoms with Crippen LogP contribution in [0.25, 0.3) is 0 Å². The summed E-state index contributed by atoms with van der Waals surface area (Å²) < 4.78 is 45.8. The van der Waals surface area contributed by atoms with Crippen LogP contribution in [-0.4, -0.2) is 64.6 Å². The fourth-order valence-corrected chi connectivity index (χ4v) is 6.45. The monoisotopic (exact) mass is 679 g/mol. The number of ether oxygens (including phenoxy) is 3. The Hall–Kier alpha value is -3.67. The van der Waals surface area contributed by atoms with Crippen LogP contribution in [0.15, 0.2) is 65.6 Å². The first-order valence-corrected chi connectivity index (χ1v) is 16.3. The third-order valence-corrected chi connectivity index (χ3v) is 9.17. The molecule has 0 aliphatic rings. The summed E-state index contributed by atoms with van der Waals surface area (Å²) in [5.41, 5.74) is 0.0304. The second-order valence-corrected chi connectivity index (χ2v) is 13.8. The molecule has 244 valence electrons. The van der Waals surface area contributed by atoms with Gasteiger partial charge in [-0.05, 0) is 69.2 Å². The number of methoxy groups -OCH3 is 3. The van der Waals surface area contributed by atoms with Gasteiger partial charge >= 0.3 is 0 Å². The van der Waals surface area contributed by atoms with Crippen molar-refractivity contribution in [2.75, 3.05) is 32.2 Å². The Morgan fingerprint density at radius 3 is 2.09 bits per heavy atom. The maximum Gasteiger partial charge on any atom is 0.265 e. The lowest BCUT2D eigenvalue weighted by Crippen LogP contribution is -2.55. The molecule has 0 aliphatic carbocycles. The Balaban J connectivity index is 2.20. The zero-order valence-corrected chi connectivity index (χ0v) is 28.7. The van der Waals surface area contributed by atoms with E-state index in [2.05, 4.69) is 5.32 Å². The molecule has 1 N–H and O–H groups in total. The SMILES string of the molecule is CC[C@@H](C(=O)NC(C)(C)C)N(Cc1ccccc1Cl)C(=O)CN(c1cc(Cl)ccc1OC)S(=O)(=O)c1ccc(OC)c(OC)c1. The first-order chi connectivity index (χ1) is 21.2. The van der Waals surface area contributed by atoms with Gasteiger partial charge < -0.3 is 24.4 Å². The molecule has 13 heteroatoms. The number of benzene rings is 3. The minimum atomic E-state index is -4.47. The standard InChI is InChI=1S/C32H39Cl2N3O7S/c1-8-25(31(39)35-32(2,3)4)36(19-21-11-9-10-12-24(21)34)30(38)20-37(26-17-22(33)13-15-27(26)42-5)45(40,41)23-14-16-28(43-6)29(18-23)44-7/h9-18,25H,8,19-20H2,1-7H3,(H,35,39)/t25-/m0/s1. The van der Waals surface area contributed by atoms with Crippen LogP contribution in [0.1, 0.15) is 39.7 Å². The van der Waals surface area contributed by atoms with E-state index >= 15 is 0 Å². The van der Waals surface area contributed by atoms with E-state index in [1.165, 1.54) is 56.6 Å². The van der Waals surface area contributed by atoms with Crippen molar-refractivity contribution in [3.05, 3.63) is 76.3 Å². The summed E-state index contributed by atoms with van der Waals surface area (Å²) in [6, 6.07) is 14.5. The molecule has 3 aromatic carbocycles. The molecule has 1 atom stereocenters. The lowest BCUT2D eigenvalue weighted by Gasteiger charge is -2.35. The topological polar surface area (TPSA) is 114 Å². The molecule has 0 fully saturated rings. The highest BCUT2D eigenvalue weighted by Gasteiger charge is 2.36. The summed E-state index contributed by atoms with van der Waals surface area (Å²) in [6.07, 6.45) is 0.251. The first kappa shape index (κ1) is 35.8. The van der Waals surface area contributed by atoms with Crippen molar-refractivity contribution in [1.82, 2.24) is 10.2 Å². The van der Waals surface area contributed by atoms with E-state index in [1.807, 2.05) is 20.8 Å². The molecule has 0 heterocycles. The van der Waals surface area contributed by atoms with Crippen molar-refractivity contribution in [1.29, 1.82) is 0 Å². The number of hydrogen-bond donors (Lipinski definition) is 1. The summed E-state index contributed by atoms with van der Waals surface area (Å²) in [5, 5.41) is 3.55. The Morgan fingerprint density at radius 2 is 1.51 bits per heavy atom. The molecule has 10 nitrogen and oxygen atoms in total. The Kier molecular flexibility index (Phi) is 12.0. The zero-order chi connectivity index (χ0) is 33.5. The van der Waals surface area contributed by atoms with Crippen LogP contribution < -0.4 is 23.8 Å². The minimum absolute atomic E-state index is 0.0259. The molecule has 0 saturated carbocycles. The molecule has 0 unspecified atom stereocenters. The molecule has 0 aliphatic heterocycles. The van der Waals surface area contributed by atoms with Crippen molar-refractivity contribution >= 4 is 50.7 Å². The lowest BCUT2D eigenvalue weighted by molar-refractivity contribution is -0.141. The van der Waals surface area contributed by atoms with Crippen molar-refractivity contribution in [3.8, 4) is 17.2 Å². The maximum absolute atomic E-state index is 14.4. The van der Waals surface area contributed by atoms with Crippen LogP contribution in [0.3, 0.4) is 0 Å². The lowest BCUT2D eigenvalue weighted by atomic mass is 10.1. The molecule has 0 bridgehead atoms. The van der Waals surface area contributed by atoms with E-state index < -0.39 is 34.1 Å². The van der Waals surface area contributed by atoms with Crippen LogP contribution >= 0.6 is 23.2 Å². The highest BCUT2D eigenvalue weighted by Crippen LogP contribution is 2.37. The van der Waals surface area contributed by atoms with Crippen molar-refractivity contribution in [2.45, 2.75) is 57.1 Å². The third kappa shape index (κ3) is 8.74. The van der Waals surface area contributed by atoms with Crippen LogP contribution in [0, 0.1) is 0 Å². The number of amides is 2. The second-order valence-electron chi connectivity index (χ2n) is 11.1. The molecule has 0 spiro atoms. The number of halogens is 2. The number of hydrogen-bond acceptors (Lipinski definition) is 7. The summed E-state index contributed by atoms with van der Waals surface area (Å²) >= 11 is 12.8. The van der Waals surface area contributed by atoms with Gasteiger partial charge in [-0.25, -0.2) is 8.42 Å². The van der Waals surface area contributed by atoms with Gasteiger partial charge in [0.2, 0.25) is 11.8 Å². The van der Waals surface area contributed by atoms with Gasteiger partial charge in [0, 0.05) is 28.2 Å². The van der Waals surface area contributed by atoms with E-state index in [9.17, 15) is 18.0 Å². The van der Waals surface area contributed by atoms with Gasteiger partial charge in [0.1, 0.15) is 18.3 Å². The number of sulfonamides is 1. The Bertz CT molecular complexity index is 1630. The van der Waals surface area contributed by atoms with Crippen LogP contribution in [-0.2, 0) is 26.2 Å². The number of nitrogens with zero attached hydrogens (tertiary/aromatic N) is 2. The average molecular weight is 681 g/mol. The molecule has 0 aromatic heterocycles. The van der Waals surface area contributed by atoms with E-state index in [1.54, 1.807) is 37.3 Å². The minimum Gasteiger partial charge on any atom is -0.495 e. The van der Waals surface area contributed by atoms with Gasteiger partial charge in [0.25, 0.3) is 10.0 Å². The molecule has 45 heavy (non-hydrogen) atoms. The van der Waals surface area contributed by atoms with Crippen molar-refractivity contribution < 1.29 is 32.2 Å². The molecular formula is C32H39Cl2N3O7S. The highest BCUT2D eigenvalue weighted by molar-refractivity contribution is 7.92. The van der Waals surface area contributed by atoms with Crippen molar-refractivity contribution in [3.63, 3.8) is 0 Å². The number of rotatable bonds is 13. The van der Waals surface area contributed by atoms with Gasteiger partial charge in [-0.2, -0.15) is 0 Å². The zero-order valence-electron chi connectivity index (χ0n) is 26.4. The number of anilines is 1.